The molecule has 0 aliphatic rings. The van der Waals surface area contributed by atoms with Crippen LogP contribution in [0.2, 0.25) is 0 Å². The number of aryl methyl sites for hydroxylation is 2. The van der Waals surface area contributed by atoms with Gasteiger partial charge in [-0.05, 0) is 37.5 Å². The van der Waals surface area contributed by atoms with Crippen LogP contribution in [0.4, 0.5) is 0 Å². The van der Waals surface area contributed by atoms with E-state index in [4.69, 9.17) is 0 Å². The molecule has 1 amide bonds. The van der Waals surface area contributed by atoms with Crippen LogP contribution in [0.25, 0.3) is 0 Å². The summed E-state index contributed by atoms with van der Waals surface area (Å²) in [5.74, 6) is -0.438. The fraction of sp³-hybridized carbons (Fsp3) is 0.294. The number of aliphatic hydroxyl groups excluding tert-OH is 1. The zero-order valence-corrected chi connectivity index (χ0v) is 12.7. The average Bonchev–Trinajstić information content (AvgIpc) is 2.51. The van der Waals surface area contributed by atoms with Crippen LogP contribution in [-0.4, -0.2) is 22.6 Å². The van der Waals surface area contributed by atoms with E-state index in [-0.39, 0.29) is 18.2 Å². The Bertz CT molecular complexity index is 708. The standard InChI is InChI=1S/C17H20N2O3/c1-11-10-14(16(21)18-12(11)2)17(22)19-15(8-9-20)13-6-4-3-5-7-13/h3-7,10,15,20H,8-9H2,1-2H3,(H,18,21)(H,19,22)/t15-/m1/s1. The normalized spacial score (nSPS) is 12.0. The molecule has 0 radical (unpaired) electrons. The second-order valence-corrected chi connectivity index (χ2v) is 5.27. The molecule has 0 aliphatic heterocycles. The van der Waals surface area contributed by atoms with Gasteiger partial charge in [0.25, 0.3) is 11.5 Å². The van der Waals surface area contributed by atoms with Crippen LogP contribution in [0.1, 0.15) is 39.6 Å². The second kappa shape index (κ2) is 7.04. The van der Waals surface area contributed by atoms with E-state index in [9.17, 15) is 14.7 Å². The molecule has 2 aromatic rings. The summed E-state index contributed by atoms with van der Waals surface area (Å²) in [4.78, 5) is 27.0. The maximum absolute atomic E-state index is 12.4. The fourth-order valence-corrected chi connectivity index (χ4v) is 2.27. The fourth-order valence-electron chi connectivity index (χ4n) is 2.27. The molecular weight excluding hydrogens is 280 g/mol. The summed E-state index contributed by atoms with van der Waals surface area (Å²) >= 11 is 0. The van der Waals surface area contributed by atoms with Crippen molar-refractivity contribution in [3.05, 3.63) is 69.1 Å². The number of nitrogens with one attached hydrogen (secondary N) is 2. The first-order valence-corrected chi connectivity index (χ1v) is 7.20. The van der Waals surface area contributed by atoms with E-state index < -0.39 is 11.5 Å². The zero-order valence-electron chi connectivity index (χ0n) is 12.7. The van der Waals surface area contributed by atoms with E-state index in [0.29, 0.717) is 6.42 Å². The molecule has 1 heterocycles. The van der Waals surface area contributed by atoms with Crippen LogP contribution >= 0.6 is 0 Å². The highest BCUT2D eigenvalue weighted by Crippen LogP contribution is 2.16. The first-order valence-electron chi connectivity index (χ1n) is 7.20. The predicted molar refractivity (Wildman–Crippen MR) is 84.9 cm³/mol. The predicted octanol–water partition coefficient (Wildman–Crippen LogP) is 1.85. The van der Waals surface area contributed by atoms with Crippen LogP contribution in [-0.2, 0) is 0 Å². The van der Waals surface area contributed by atoms with Gasteiger partial charge in [-0.1, -0.05) is 30.3 Å². The molecule has 0 unspecified atom stereocenters. The van der Waals surface area contributed by atoms with Gasteiger partial charge in [0.15, 0.2) is 0 Å². The Hall–Kier alpha value is -2.40. The van der Waals surface area contributed by atoms with Crippen molar-refractivity contribution >= 4 is 5.91 Å². The van der Waals surface area contributed by atoms with Gasteiger partial charge in [-0.3, -0.25) is 9.59 Å². The lowest BCUT2D eigenvalue weighted by Gasteiger charge is -2.18. The minimum Gasteiger partial charge on any atom is -0.396 e. The van der Waals surface area contributed by atoms with Crippen molar-refractivity contribution < 1.29 is 9.90 Å². The highest BCUT2D eigenvalue weighted by atomic mass is 16.3. The molecule has 116 valence electrons. The molecule has 5 nitrogen and oxygen atoms in total. The Morgan fingerprint density at radius 1 is 1.27 bits per heavy atom. The second-order valence-electron chi connectivity index (χ2n) is 5.27. The minimum atomic E-state index is -0.438. The van der Waals surface area contributed by atoms with Gasteiger partial charge in [0, 0.05) is 12.3 Å². The van der Waals surface area contributed by atoms with Gasteiger partial charge in [-0.25, -0.2) is 0 Å². The van der Waals surface area contributed by atoms with Crippen molar-refractivity contribution in [2.45, 2.75) is 26.3 Å². The van der Waals surface area contributed by atoms with Gasteiger partial charge in [-0.15, -0.1) is 0 Å². The van der Waals surface area contributed by atoms with Gasteiger partial charge >= 0.3 is 0 Å². The third-order valence-electron chi connectivity index (χ3n) is 3.67. The summed E-state index contributed by atoms with van der Waals surface area (Å²) in [6.45, 7) is 3.57. The SMILES string of the molecule is Cc1cc(C(=O)N[C@H](CCO)c2ccccc2)c(=O)[nH]c1C. The quantitative estimate of drug-likeness (QED) is 0.788. The molecule has 0 fully saturated rings. The van der Waals surface area contributed by atoms with Crippen LogP contribution in [0.15, 0.2) is 41.2 Å². The number of aliphatic hydroxyl groups is 1. The first-order chi connectivity index (χ1) is 10.5. The Balaban J connectivity index is 2.26. The van der Waals surface area contributed by atoms with Gasteiger partial charge in [0.1, 0.15) is 5.56 Å². The Morgan fingerprint density at radius 2 is 1.95 bits per heavy atom. The van der Waals surface area contributed by atoms with Crippen molar-refractivity contribution in [2.24, 2.45) is 0 Å². The van der Waals surface area contributed by atoms with Crippen molar-refractivity contribution in [1.82, 2.24) is 10.3 Å². The number of pyridine rings is 1. The van der Waals surface area contributed by atoms with Crippen molar-refractivity contribution in [3.8, 4) is 0 Å². The van der Waals surface area contributed by atoms with Crippen LogP contribution in [0, 0.1) is 13.8 Å². The maximum Gasteiger partial charge on any atom is 0.261 e. The minimum absolute atomic E-state index is 0.0525. The number of carbonyl (C=O) groups excluding carboxylic acids is 1. The van der Waals surface area contributed by atoms with E-state index in [1.54, 1.807) is 13.0 Å². The molecule has 22 heavy (non-hydrogen) atoms. The number of carbonyl (C=O) groups is 1. The average molecular weight is 300 g/mol. The highest BCUT2D eigenvalue weighted by molar-refractivity contribution is 5.94. The number of aromatic amines is 1. The monoisotopic (exact) mass is 300 g/mol. The summed E-state index contributed by atoms with van der Waals surface area (Å²) in [5, 5.41) is 12.0. The molecule has 2 rings (SSSR count). The molecule has 0 aliphatic carbocycles. The van der Waals surface area contributed by atoms with Crippen molar-refractivity contribution in [2.75, 3.05) is 6.61 Å². The number of aromatic nitrogens is 1. The molecule has 5 heteroatoms. The molecule has 3 N–H and O–H groups in total. The van der Waals surface area contributed by atoms with E-state index in [1.165, 1.54) is 0 Å². The summed E-state index contributed by atoms with van der Waals surface area (Å²) in [6.07, 6.45) is 0.387. The van der Waals surface area contributed by atoms with E-state index in [1.807, 2.05) is 37.3 Å². The smallest absolute Gasteiger partial charge is 0.261 e. The van der Waals surface area contributed by atoms with Gasteiger partial charge in [0.05, 0.1) is 6.04 Å². The number of amides is 1. The number of hydrogen-bond acceptors (Lipinski definition) is 3. The van der Waals surface area contributed by atoms with Crippen LogP contribution in [0.5, 0.6) is 0 Å². The van der Waals surface area contributed by atoms with E-state index >= 15 is 0 Å². The summed E-state index contributed by atoms with van der Waals surface area (Å²) < 4.78 is 0. The summed E-state index contributed by atoms with van der Waals surface area (Å²) in [6, 6.07) is 10.6. The van der Waals surface area contributed by atoms with Crippen LogP contribution < -0.4 is 10.9 Å². The summed E-state index contributed by atoms with van der Waals surface area (Å²) in [5.41, 5.74) is 2.17. The Kier molecular flexibility index (Phi) is 5.12. The zero-order chi connectivity index (χ0) is 16.1. The first kappa shape index (κ1) is 16.0. The van der Waals surface area contributed by atoms with E-state index in [2.05, 4.69) is 10.3 Å². The lowest BCUT2D eigenvalue weighted by molar-refractivity contribution is 0.0928. The molecule has 1 atom stereocenters. The van der Waals surface area contributed by atoms with Crippen molar-refractivity contribution in [1.29, 1.82) is 0 Å². The summed E-state index contributed by atoms with van der Waals surface area (Å²) in [7, 11) is 0. The lowest BCUT2D eigenvalue weighted by atomic mass is 10.0. The van der Waals surface area contributed by atoms with E-state index in [0.717, 1.165) is 16.8 Å². The molecular formula is C17H20N2O3. The molecule has 0 saturated heterocycles. The topological polar surface area (TPSA) is 82.2 Å². The lowest BCUT2D eigenvalue weighted by Crippen LogP contribution is -2.33. The van der Waals surface area contributed by atoms with Gasteiger partial charge in [0.2, 0.25) is 0 Å². The molecule has 0 saturated carbocycles. The Morgan fingerprint density at radius 3 is 2.59 bits per heavy atom. The third kappa shape index (κ3) is 3.62. The maximum atomic E-state index is 12.4. The molecule has 0 spiro atoms. The van der Waals surface area contributed by atoms with Crippen molar-refractivity contribution in [3.63, 3.8) is 0 Å². The highest BCUT2D eigenvalue weighted by Gasteiger charge is 2.18. The molecule has 1 aromatic heterocycles. The van der Waals surface area contributed by atoms with Gasteiger partial charge in [-0.2, -0.15) is 0 Å². The number of hydrogen-bond donors (Lipinski definition) is 3. The largest absolute Gasteiger partial charge is 0.396 e. The molecule has 1 aromatic carbocycles. The molecule has 0 bridgehead atoms. The third-order valence-corrected chi connectivity index (χ3v) is 3.67. The number of H-pyrrole nitrogens is 1. The van der Waals surface area contributed by atoms with Gasteiger partial charge < -0.3 is 15.4 Å². The number of benzene rings is 1. The van der Waals surface area contributed by atoms with Crippen LogP contribution in [0.3, 0.4) is 0 Å². The Labute approximate surface area is 129 Å². The number of rotatable bonds is 5.